The highest BCUT2D eigenvalue weighted by Gasteiger charge is 2.31. The minimum atomic E-state index is -0.0732. The maximum atomic E-state index is 12.6. The lowest BCUT2D eigenvalue weighted by atomic mass is 10.1. The van der Waals surface area contributed by atoms with Crippen LogP contribution in [0.15, 0.2) is 33.4 Å². The maximum absolute atomic E-state index is 12.6. The van der Waals surface area contributed by atoms with Crippen molar-refractivity contribution in [2.75, 3.05) is 6.54 Å². The Morgan fingerprint density at radius 2 is 2.30 bits per heavy atom. The zero-order valence-corrected chi connectivity index (χ0v) is 11.5. The van der Waals surface area contributed by atoms with Crippen molar-refractivity contribution in [3.63, 3.8) is 0 Å². The van der Waals surface area contributed by atoms with Crippen LogP contribution >= 0.6 is 0 Å². The Bertz CT molecular complexity index is 574. The highest BCUT2D eigenvalue weighted by Crippen LogP contribution is 2.31. The monoisotopic (exact) mass is 274 g/mol. The van der Waals surface area contributed by atoms with E-state index in [1.54, 1.807) is 12.1 Å². The molecule has 0 radical (unpaired) electrons. The van der Waals surface area contributed by atoms with Crippen LogP contribution in [0.5, 0.6) is 0 Å². The molecule has 106 valence electrons. The van der Waals surface area contributed by atoms with E-state index < -0.39 is 0 Å². The van der Waals surface area contributed by atoms with E-state index in [0.29, 0.717) is 5.76 Å². The standard InChI is InChI=1S/C15H18N2O3/c1-11-10-14(20-16-11)12-6-3-2-4-8-17(12)15(18)13-7-5-9-19-13/h5,7,9-10,12H,2-4,6,8H2,1H3/t12-/m1/s1. The zero-order valence-electron chi connectivity index (χ0n) is 11.5. The SMILES string of the molecule is Cc1cc([C@H]2CCCCCN2C(=O)c2ccco2)on1. The number of nitrogens with zero attached hydrogens (tertiary/aromatic N) is 2. The third kappa shape index (κ3) is 2.48. The number of aromatic nitrogens is 1. The van der Waals surface area contributed by atoms with Crippen molar-refractivity contribution >= 4 is 5.91 Å². The Labute approximate surface area is 117 Å². The quantitative estimate of drug-likeness (QED) is 0.842. The van der Waals surface area contributed by atoms with Crippen molar-refractivity contribution in [3.8, 4) is 0 Å². The molecule has 0 bridgehead atoms. The molecule has 0 N–H and O–H groups in total. The van der Waals surface area contributed by atoms with Gasteiger partial charge in [0.1, 0.15) is 0 Å². The molecule has 1 fully saturated rings. The molecular weight excluding hydrogens is 256 g/mol. The van der Waals surface area contributed by atoms with Gasteiger partial charge in [-0.3, -0.25) is 4.79 Å². The fraction of sp³-hybridized carbons (Fsp3) is 0.467. The molecule has 5 heteroatoms. The molecule has 2 aromatic heterocycles. The van der Waals surface area contributed by atoms with Gasteiger partial charge in [0.05, 0.1) is 18.0 Å². The van der Waals surface area contributed by atoms with Crippen LogP contribution in [0.4, 0.5) is 0 Å². The number of likely N-dealkylation sites (tertiary alicyclic amines) is 1. The molecular formula is C15H18N2O3. The predicted molar refractivity (Wildman–Crippen MR) is 72.2 cm³/mol. The smallest absolute Gasteiger partial charge is 0.290 e. The van der Waals surface area contributed by atoms with Gasteiger partial charge in [0.15, 0.2) is 11.5 Å². The number of aryl methyl sites for hydroxylation is 1. The van der Waals surface area contributed by atoms with Crippen LogP contribution in [0.3, 0.4) is 0 Å². The highest BCUT2D eigenvalue weighted by molar-refractivity contribution is 5.91. The largest absolute Gasteiger partial charge is 0.459 e. The van der Waals surface area contributed by atoms with E-state index in [1.165, 1.54) is 6.26 Å². The summed E-state index contributed by atoms with van der Waals surface area (Å²) in [5.74, 6) is 1.08. The molecule has 1 aliphatic heterocycles. The first-order valence-corrected chi connectivity index (χ1v) is 7.03. The van der Waals surface area contributed by atoms with Crippen LogP contribution in [0.25, 0.3) is 0 Å². The van der Waals surface area contributed by atoms with Crippen molar-refractivity contribution in [1.29, 1.82) is 0 Å². The summed E-state index contributed by atoms with van der Waals surface area (Å²) in [6.07, 6.45) is 5.66. The Morgan fingerprint density at radius 1 is 1.40 bits per heavy atom. The number of rotatable bonds is 2. The Balaban J connectivity index is 1.89. The van der Waals surface area contributed by atoms with Crippen molar-refractivity contribution < 1.29 is 13.7 Å². The number of hydrogen-bond acceptors (Lipinski definition) is 4. The molecule has 3 heterocycles. The lowest BCUT2D eigenvalue weighted by molar-refractivity contribution is 0.0618. The van der Waals surface area contributed by atoms with Gasteiger partial charge in [-0.15, -0.1) is 0 Å². The molecule has 0 aliphatic carbocycles. The maximum Gasteiger partial charge on any atom is 0.290 e. The molecule has 1 aliphatic rings. The number of hydrogen-bond donors (Lipinski definition) is 0. The van der Waals surface area contributed by atoms with Gasteiger partial charge in [0.25, 0.3) is 5.91 Å². The summed E-state index contributed by atoms with van der Waals surface area (Å²) in [5, 5.41) is 3.94. The van der Waals surface area contributed by atoms with E-state index in [1.807, 2.05) is 17.9 Å². The average molecular weight is 274 g/mol. The summed E-state index contributed by atoms with van der Waals surface area (Å²) in [7, 11) is 0. The van der Waals surface area contributed by atoms with E-state index in [9.17, 15) is 4.79 Å². The van der Waals surface area contributed by atoms with Gasteiger partial charge in [-0.1, -0.05) is 18.0 Å². The van der Waals surface area contributed by atoms with E-state index in [-0.39, 0.29) is 11.9 Å². The minimum Gasteiger partial charge on any atom is -0.459 e. The van der Waals surface area contributed by atoms with Crippen molar-refractivity contribution in [3.05, 3.63) is 41.7 Å². The molecule has 0 spiro atoms. The molecule has 0 saturated carbocycles. The van der Waals surface area contributed by atoms with Crippen LogP contribution in [-0.4, -0.2) is 22.5 Å². The van der Waals surface area contributed by atoms with Gasteiger partial charge in [-0.25, -0.2) is 0 Å². The van der Waals surface area contributed by atoms with E-state index >= 15 is 0 Å². The first-order valence-electron chi connectivity index (χ1n) is 7.03. The number of carbonyl (C=O) groups is 1. The van der Waals surface area contributed by atoms with Gasteiger partial charge >= 0.3 is 0 Å². The third-order valence-electron chi connectivity index (χ3n) is 3.72. The first-order chi connectivity index (χ1) is 9.75. The zero-order chi connectivity index (χ0) is 13.9. The van der Waals surface area contributed by atoms with Crippen molar-refractivity contribution in [2.24, 2.45) is 0 Å². The molecule has 1 atom stereocenters. The molecule has 0 unspecified atom stereocenters. The van der Waals surface area contributed by atoms with Gasteiger partial charge < -0.3 is 13.8 Å². The van der Waals surface area contributed by atoms with Gasteiger partial charge in [-0.2, -0.15) is 0 Å². The number of amides is 1. The van der Waals surface area contributed by atoms with Crippen LogP contribution in [0, 0.1) is 6.92 Å². The second-order valence-corrected chi connectivity index (χ2v) is 5.21. The molecule has 0 aromatic carbocycles. The fourth-order valence-corrected chi connectivity index (χ4v) is 2.73. The topological polar surface area (TPSA) is 59.5 Å². The van der Waals surface area contributed by atoms with E-state index in [2.05, 4.69) is 5.16 Å². The summed E-state index contributed by atoms with van der Waals surface area (Å²) < 4.78 is 10.6. The van der Waals surface area contributed by atoms with Crippen LogP contribution in [0.2, 0.25) is 0 Å². The lowest BCUT2D eigenvalue weighted by Crippen LogP contribution is -2.34. The Hall–Kier alpha value is -2.04. The Kier molecular flexibility index (Phi) is 3.58. The molecule has 1 saturated heterocycles. The molecule has 3 rings (SSSR count). The summed E-state index contributed by atoms with van der Waals surface area (Å²) in [5.41, 5.74) is 0.842. The Morgan fingerprint density at radius 3 is 3.00 bits per heavy atom. The summed E-state index contributed by atoms with van der Waals surface area (Å²) in [6, 6.07) is 5.31. The van der Waals surface area contributed by atoms with Crippen molar-refractivity contribution in [1.82, 2.24) is 10.1 Å². The lowest BCUT2D eigenvalue weighted by Gasteiger charge is -2.27. The third-order valence-corrected chi connectivity index (χ3v) is 3.72. The van der Waals surface area contributed by atoms with Crippen LogP contribution in [-0.2, 0) is 0 Å². The van der Waals surface area contributed by atoms with Crippen molar-refractivity contribution in [2.45, 2.75) is 38.6 Å². The van der Waals surface area contributed by atoms with Crippen LogP contribution in [0.1, 0.15) is 53.7 Å². The van der Waals surface area contributed by atoms with Gasteiger partial charge in [0, 0.05) is 12.6 Å². The summed E-state index contributed by atoms with van der Waals surface area (Å²) in [6.45, 7) is 2.62. The first kappa shape index (κ1) is 13.0. The molecule has 1 amide bonds. The number of furan rings is 1. The molecule has 20 heavy (non-hydrogen) atoms. The van der Waals surface area contributed by atoms with E-state index in [4.69, 9.17) is 8.94 Å². The average Bonchev–Trinajstić information content (AvgIpc) is 3.05. The predicted octanol–water partition coefficient (Wildman–Crippen LogP) is 3.33. The second kappa shape index (κ2) is 5.53. The van der Waals surface area contributed by atoms with E-state index in [0.717, 1.165) is 43.7 Å². The second-order valence-electron chi connectivity index (χ2n) is 5.21. The highest BCUT2D eigenvalue weighted by atomic mass is 16.5. The summed E-state index contributed by atoms with van der Waals surface area (Å²) >= 11 is 0. The van der Waals surface area contributed by atoms with Crippen LogP contribution < -0.4 is 0 Å². The molecule has 2 aromatic rings. The minimum absolute atomic E-state index is 0.0451. The summed E-state index contributed by atoms with van der Waals surface area (Å²) in [4.78, 5) is 14.4. The fourth-order valence-electron chi connectivity index (χ4n) is 2.73. The van der Waals surface area contributed by atoms with Gasteiger partial charge in [0.2, 0.25) is 0 Å². The number of carbonyl (C=O) groups excluding carboxylic acids is 1. The normalized spacial score (nSPS) is 19.9. The van der Waals surface area contributed by atoms with Gasteiger partial charge in [-0.05, 0) is 31.9 Å². The molecule has 5 nitrogen and oxygen atoms in total.